The molecule has 0 N–H and O–H groups in total. The second-order valence-corrected chi connectivity index (χ2v) is 7.39. The summed E-state index contributed by atoms with van der Waals surface area (Å²) in [4.78, 5) is 11.4. The fraction of sp³-hybridized carbons (Fsp3) is 0.857. The van der Waals surface area contributed by atoms with Gasteiger partial charge in [-0.15, -0.1) is 0 Å². The third-order valence-corrected chi connectivity index (χ3v) is 4.74. The molecule has 0 aliphatic heterocycles. The maximum atomic E-state index is 11.4. The Morgan fingerprint density at radius 1 is 0.792 bits per heavy atom. The largest absolute Gasteiger partial charge is 0.466 e. The van der Waals surface area contributed by atoms with E-state index in [0.717, 1.165) is 24.6 Å². The molecule has 0 aromatic carbocycles. The molecule has 0 aromatic rings. The lowest BCUT2D eigenvalue weighted by Crippen LogP contribution is -2.05. The van der Waals surface area contributed by atoms with Crippen molar-refractivity contribution in [2.24, 2.45) is 0 Å². The molecule has 0 atom stereocenters. The number of esters is 1. The molecule has 0 saturated heterocycles. The Labute approximate surface area is 158 Å². The maximum absolute atomic E-state index is 11.4. The number of unbranched alkanes of at least 4 members (excludes halogenated alkanes) is 11. The summed E-state index contributed by atoms with van der Waals surface area (Å²) in [7, 11) is 0. The lowest BCUT2D eigenvalue weighted by molar-refractivity contribution is -0.143. The molecule has 0 radical (unpaired) electrons. The van der Waals surface area contributed by atoms with Gasteiger partial charge < -0.3 is 4.74 Å². The molecule has 0 rings (SSSR count). The topological polar surface area (TPSA) is 26.3 Å². The van der Waals surface area contributed by atoms with E-state index in [9.17, 15) is 4.79 Å². The second kappa shape index (κ2) is 20.7. The van der Waals surface area contributed by atoms with E-state index in [1.807, 2.05) is 0 Å². The number of ether oxygens (including phenoxy) is 1. The highest BCUT2D eigenvalue weighted by Gasteiger charge is 2.01. The van der Waals surface area contributed by atoms with Crippen LogP contribution >= 0.6 is 15.9 Å². The smallest absolute Gasteiger partial charge is 0.305 e. The van der Waals surface area contributed by atoms with Crippen LogP contribution in [0.1, 0.15) is 103 Å². The van der Waals surface area contributed by atoms with E-state index in [1.165, 1.54) is 70.6 Å². The maximum Gasteiger partial charge on any atom is 0.305 e. The highest BCUT2D eigenvalue weighted by molar-refractivity contribution is 9.09. The van der Waals surface area contributed by atoms with Crippen LogP contribution in [0.4, 0.5) is 0 Å². The van der Waals surface area contributed by atoms with E-state index in [1.54, 1.807) is 0 Å². The number of halogens is 1. The summed E-state index contributed by atoms with van der Waals surface area (Å²) in [5, 5.41) is 0.897. The average Bonchev–Trinajstić information content (AvgIpc) is 2.58. The molecule has 0 unspecified atom stereocenters. The van der Waals surface area contributed by atoms with Gasteiger partial charge in [-0.25, -0.2) is 0 Å². The van der Waals surface area contributed by atoms with Crippen molar-refractivity contribution in [3.63, 3.8) is 0 Å². The van der Waals surface area contributed by atoms with Crippen LogP contribution in [-0.2, 0) is 9.53 Å². The quantitative estimate of drug-likeness (QED) is 0.103. The molecule has 24 heavy (non-hydrogen) atoms. The summed E-state index contributed by atoms with van der Waals surface area (Å²) in [5.74, 6) is -0.0337. The molecular weight excluding hydrogens is 364 g/mol. The molecule has 0 spiro atoms. The van der Waals surface area contributed by atoms with Gasteiger partial charge in [0.2, 0.25) is 0 Å². The Kier molecular flexibility index (Phi) is 20.5. The zero-order chi connectivity index (χ0) is 17.7. The number of hydrogen-bond acceptors (Lipinski definition) is 2. The first-order chi connectivity index (χ1) is 11.8. The van der Waals surface area contributed by atoms with Crippen LogP contribution in [0.2, 0.25) is 0 Å². The minimum absolute atomic E-state index is 0.0337. The Morgan fingerprint density at radius 3 is 1.92 bits per heavy atom. The van der Waals surface area contributed by atoms with Gasteiger partial charge >= 0.3 is 5.97 Å². The third-order valence-electron chi connectivity index (χ3n) is 4.18. The zero-order valence-electron chi connectivity index (χ0n) is 15.9. The van der Waals surface area contributed by atoms with Gasteiger partial charge in [0, 0.05) is 11.8 Å². The average molecular weight is 403 g/mol. The molecule has 0 aliphatic rings. The highest BCUT2D eigenvalue weighted by Crippen LogP contribution is 2.10. The standard InChI is InChI=1S/C21H39BrO2/c1-2-3-4-5-6-7-8-9-10-11-12-13-14-15-16-18-21(23)24-20-17-19-22/h9-10H,2-8,11-20H2,1H3/b10-9-. The van der Waals surface area contributed by atoms with Crippen LogP contribution in [-0.4, -0.2) is 17.9 Å². The van der Waals surface area contributed by atoms with Crippen molar-refractivity contribution in [2.75, 3.05) is 11.9 Å². The van der Waals surface area contributed by atoms with E-state index in [2.05, 4.69) is 35.0 Å². The van der Waals surface area contributed by atoms with Gasteiger partial charge in [0.15, 0.2) is 0 Å². The van der Waals surface area contributed by atoms with E-state index < -0.39 is 0 Å². The van der Waals surface area contributed by atoms with Crippen LogP contribution in [0.5, 0.6) is 0 Å². The van der Waals surface area contributed by atoms with Crippen LogP contribution in [0.25, 0.3) is 0 Å². The molecular formula is C21H39BrO2. The minimum Gasteiger partial charge on any atom is -0.466 e. The second-order valence-electron chi connectivity index (χ2n) is 6.60. The van der Waals surface area contributed by atoms with Gasteiger partial charge in [-0.3, -0.25) is 4.79 Å². The van der Waals surface area contributed by atoms with Crippen LogP contribution in [0, 0.1) is 0 Å². The first-order valence-electron chi connectivity index (χ1n) is 10.2. The van der Waals surface area contributed by atoms with E-state index in [0.29, 0.717) is 13.0 Å². The van der Waals surface area contributed by atoms with Crippen LogP contribution in [0.15, 0.2) is 12.2 Å². The van der Waals surface area contributed by atoms with E-state index in [-0.39, 0.29) is 5.97 Å². The predicted octanol–water partition coefficient (Wildman–Crippen LogP) is 7.35. The normalized spacial score (nSPS) is 11.2. The molecule has 3 heteroatoms. The highest BCUT2D eigenvalue weighted by atomic mass is 79.9. The van der Waals surface area contributed by atoms with Crippen LogP contribution < -0.4 is 0 Å². The summed E-state index contributed by atoms with van der Waals surface area (Å²) >= 11 is 3.33. The number of rotatable bonds is 18. The predicted molar refractivity (Wildman–Crippen MR) is 109 cm³/mol. The first-order valence-corrected chi connectivity index (χ1v) is 11.3. The first kappa shape index (κ1) is 23.7. The van der Waals surface area contributed by atoms with Gasteiger partial charge in [0.05, 0.1) is 6.61 Å². The summed E-state index contributed by atoms with van der Waals surface area (Å²) in [5.41, 5.74) is 0. The molecule has 0 aromatic heterocycles. The van der Waals surface area contributed by atoms with Crippen molar-refractivity contribution in [2.45, 2.75) is 103 Å². The minimum atomic E-state index is -0.0337. The fourth-order valence-corrected chi connectivity index (χ4v) is 2.88. The van der Waals surface area contributed by atoms with Crippen molar-refractivity contribution in [1.29, 1.82) is 0 Å². The molecule has 2 nitrogen and oxygen atoms in total. The van der Waals surface area contributed by atoms with Crippen molar-refractivity contribution < 1.29 is 9.53 Å². The van der Waals surface area contributed by atoms with Gasteiger partial charge in [0.1, 0.15) is 0 Å². The van der Waals surface area contributed by atoms with Gasteiger partial charge in [-0.2, -0.15) is 0 Å². The Bertz CT molecular complexity index is 290. The van der Waals surface area contributed by atoms with Gasteiger partial charge in [-0.05, 0) is 38.5 Å². The molecule has 0 amide bonds. The van der Waals surface area contributed by atoms with Gasteiger partial charge in [-0.1, -0.05) is 86.4 Å². The Balaban J connectivity index is 3.16. The van der Waals surface area contributed by atoms with E-state index >= 15 is 0 Å². The zero-order valence-corrected chi connectivity index (χ0v) is 17.5. The summed E-state index contributed by atoms with van der Waals surface area (Å²) in [6, 6.07) is 0. The number of allylic oxidation sites excluding steroid dienone is 2. The number of hydrogen-bond donors (Lipinski definition) is 0. The molecule has 0 heterocycles. The summed E-state index contributed by atoms with van der Waals surface area (Å²) in [6.45, 7) is 2.82. The lowest BCUT2D eigenvalue weighted by Gasteiger charge is -2.03. The molecule has 0 fully saturated rings. The van der Waals surface area contributed by atoms with Crippen molar-refractivity contribution >= 4 is 21.9 Å². The molecule has 142 valence electrons. The Hall–Kier alpha value is -0.310. The Morgan fingerprint density at radius 2 is 1.33 bits per heavy atom. The molecule has 0 saturated carbocycles. The summed E-state index contributed by atoms with van der Waals surface area (Å²) < 4.78 is 5.12. The molecule has 0 bridgehead atoms. The van der Waals surface area contributed by atoms with Crippen molar-refractivity contribution in [3.8, 4) is 0 Å². The fourth-order valence-electron chi connectivity index (χ4n) is 2.65. The third kappa shape index (κ3) is 19.7. The number of alkyl halides is 1. The van der Waals surface area contributed by atoms with Crippen molar-refractivity contribution in [1.82, 2.24) is 0 Å². The monoisotopic (exact) mass is 402 g/mol. The van der Waals surface area contributed by atoms with Gasteiger partial charge in [0.25, 0.3) is 0 Å². The summed E-state index contributed by atoms with van der Waals surface area (Å²) in [6.07, 6.45) is 22.9. The number of carbonyl (C=O) groups is 1. The molecule has 0 aliphatic carbocycles. The lowest BCUT2D eigenvalue weighted by atomic mass is 10.1. The number of carbonyl (C=O) groups excluding carboxylic acids is 1. The van der Waals surface area contributed by atoms with E-state index in [4.69, 9.17) is 4.74 Å². The van der Waals surface area contributed by atoms with Crippen molar-refractivity contribution in [3.05, 3.63) is 12.2 Å². The van der Waals surface area contributed by atoms with Crippen LogP contribution in [0.3, 0.4) is 0 Å². The SMILES string of the molecule is CCCCCCCC/C=C\CCCCCCCC(=O)OCCCBr.